The maximum atomic E-state index is 12.0. The fraction of sp³-hybridized carbons (Fsp3) is 0.172. The smallest absolute Gasteiger partial charge is 0.240 e. The van der Waals surface area contributed by atoms with Gasteiger partial charge in [-0.25, -0.2) is 10.9 Å². The van der Waals surface area contributed by atoms with Gasteiger partial charge in [0.05, 0.1) is 12.4 Å². The molecule has 0 spiro atoms. The van der Waals surface area contributed by atoms with Gasteiger partial charge in [0, 0.05) is 24.0 Å². The molecule has 0 saturated carbocycles. The summed E-state index contributed by atoms with van der Waals surface area (Å²) in [5.74, 6) is -0.267. The lowest BCUT2D eigenvalue weighted by Crippen LogP contribution is -2.18. The van der Waals surface area contributed by atoms with E-state index in [1.54, 1.807) is 12.4 Å². The van der Waals surface area contributed by atoms with Crippen molar-refractivity contribution in [1.29, 1.82) is 0 Å². The number of rotatable bonds is 10. The first-order valence-corrected chi connectivity index (χ1v) is 11.8. The molecule has 0 aromatic heterocycles. The van der Waals surface area contributed by atoms with E-state index in [0.717, 1.165) is 39.1 Å². The number of carbonyl (C=O) groups excluding carboxylic acids is 2. The summed E-state index contributed by atoms with van der Waals surface area (Å²) in [5.41, 5.74) is 7.08. The van der Waals surface area contributed by atoms with E-state index in [2.05, 4.69) is 21.1 Å². The minimum atomic E-state index is -0.134. The highest BCUT2D eigenvalue weighted by Crippen LogP contribution is 2.17. The van der Waals surface area contributed by atoms with E-state index in [0.29, 0.717) is 25.7 Å². The van der Waals surface area contributed by atoms with Gasteiger partial charge in [-0.1, -0.05) is 91.3 Å². The van der Waals surface area contributed by atoms with Crippen LogP contribution in [0, 0.1) is 0 Å². The van der Waals surface area contributed by atoms with Crippen LogP contribution in [0.15, 0.2) is 95.1 Å². The van der Waals surface area contributed by atoms with Crippen molar-refractivity contribution in [2.75, 3.05) is 0 Å². The van der Waals surface area contributed by atoms with Gasteiger partial charge >= 0.3 is 0 Å². The molecule has 6 heteroatoms. The minimum Gasteiger partial charge on any atom is -0.273 e. The molecule has 0 aliphatic heterocycles. The average Bonchev–Trinajstić information content (AvgIpc) is 2.89. The largest absolute Gasteiger partial charge is 0.273 e. The molecule has 0 aliphatic carbocycles. The normalized spacial score (nSPS) is 11.4. The number of benzene rings is 4. The molecule has 4 aromatic carbocycles. The Morgan fingerprint density at radius 1 is 0.571 bits per heavy atom. The highest BCUT2D eigenvalue weighted by molar-refractivity contribution is 6.00. The van der Waals surface area contributed by atoms with E-state index in [9.17, 15) is 9.59 Å². The molecule has 176 valence electrons. The lowest BCUT2D eigenvalue weighted by Gasteiger charge is -2.03. The second kappa shape index (κ2) is 12.2. The Morgan fingerprint density at radius 2 is 1.00 bits per heavy atom. The van der Waals surface area contributed by atoms with Crippen LogP contribution in [-0.4, -0.2) is 24.2 Å². The summed E-state index contributed by atoms with van der Waals surface area (Å²) in [5, 5.41) is 12.6. The first kappa shape index (κ1) is 23.8. The van der Waals surface area contributed by atoms with Gasteiger partial charge in [-0.05, 0) is 34.4 Å². The Hall–Kier alpha value is -4.32. The van der Waals surface area contributed by atoms with Crippen molar-refractivity contribution in [2.24, 2.45) is 10.2 Å². The summed E-state index contributed by atoms with van der Waals surface area (Å²) in [7, 11) is 0. The van der Waals surface area contributed by atoms with Crippen LogP contribution in [-0.2, 0) is 9.59 Å². The van der Waals surface area contributed by atoms with Crippen molar-refractivity contribution in [3.8, 4) is 0 Å². The first-order chi connectivity index (χ1) is 17.2. The van der Waals surface area contributed by atoms with Crippen LogP contribution in [0.3, 0.4) is 0 Å². The lowest BCUT2D eigenvalue weighted by molar-refractivity contribution is -0.121. The SMILES string of the molecule is O=C(CCCCCC(=O)N/N=C/c1cccc2ccccc12)N/N=C/c1cccc2ccccc12. The van der Waals surface area contributed by atoms with Gasteiger partial charge in [0.25, 0.3) is 0 Å². The van der Waals surface area contributed by atoms with Crippen LogP contribution in [0.2, 0.25) is 0 Å². The third-order valence-corrected chi connectivity index (χ3v) is 5.74. The Kier molecular flexibility index (Phi) is 8.32. The first-order valence-electron chi connectivity index (χ1n) is 11.8. The molecule has 0 fully saturated rings. The van der Waals surface area contributed by atoms with E-state index in [-0.39, 0.29) is 11.8 Å². The second-order valence-corrected chi connectivity index (χ2v) is 8.28. The van der Waals surface area contributed by atoms with Crippen molar-refractivity contribution in [3.05, 3.63) is 96.1 Å². The average molecular weight is 465 g/mol. The maximum Gasteiger partial charge on any atom is 0.240 e. The number of nitrogens with zero attached hydrogens (tertiary/aromatic N) is 2. The zero-order valence-electron chi connectivity index (χ0n) is 19.5. The number of amides is 2. The molecule has 0 atom stereocenters. The van der Waals surface area contributed by atoms with Crippen LogP contribution in [0.1, 0.15) is 43.2 Å². The third kappa shape index (κ3) is 6.84. The zero-order chi connectivity index (χ0) is 24.3. The molecule has 0 radical (unpaired) electrons. The highest BCUT2D eigenvalue weighted by Gasteiger charge is 2.03. The van der Waals surface area contributed by atoms with Gasteiger partial charge in [-0.15, -0.1) is 0 Å². The fourth-order valence-electron chi connectivity index (χ4n) is 3.93. The fourth-order valence-corrected chi connectivity index (χ4v) is 3.93. The van der Waals surface area contributed by atoms with Gasteiger partial charge in [0.15, 0.2) is 0 Å². The lowest BCUT2D eigenvalue weighted by atomic mass is 10.1. The summed E-state index contributed by atoms with van der Waals surface area (Å²) in [6.07, 6.45) is 6.25. The number of hydrazone groups is 2. The van der Waals surface area contributed by atoms with E-state index in [1.807, 2.05) is 84.9 Å². The van der Waals surface area contributed by atoms with Crippen LogP contribution >= 0.6 is 0 Å². The molecular formula is C29H28N4O2. The summed E-state index contributed by atoms with van der Waals surface area (Å²) in [4.78, 5) is 24.1. The third-order valence-electron chi connectivity index (χ3n) is 5.74. The standard InChI is InChI=1S/C29H28N4O2/c34-28(32-30-20-24-14-8-12-22-10-4-6-16-26(22)24)18-2-1-3-19-29(35)33-31-21-25-15-9-13-23-11-5-7-17-27(23)25/h4-17,20-21H,1-3,18-19H2,(H,32,34)(H,33,35)/b30-20+,31-21+. The van der Waals surface area contributed by atoms with Crippen molar-refractivity contribution in [3.63, 3.8) is 0 Å². The molecule has 4 rings (SSSR count). The quantitative estimate of drug-likeness (QED) is 0.183. The topological polar surface area (TPSA) is 82.9 Å². The van der Waals surface area contributed by atoms with Crippen molar-refractivity contribution in [2.45, 2.75) is 32.1 Å². The molecule has 0 bridgehead atoms. The van der Waals surface area contributed by atoms with Crippen LogP contribution < -0.4 is 10.9 Å². The molecule has 4 aromatic rings. The Labute approximate surface area is 204 Å². The number of nitrogens with one attached hydrogen (secondary N) is 2. The Balaban J connectivity index is 1.12. The van der Waals surface area contributed by atoms with E-state index >= 15 is 0 Å². The zero-order valence-corrected chi connectivity index (χ0v) is 19.5. The summed E-state index contributed by atoms with van der Waals surface area (Å²) < 4.78 is 0. The van der Waals surface area contributed by atoms with Gasteiger partial charge < -0.3 is 0 Å². The Morgan fingerprint density at radius 3 is 1.49 bits per heavy atom. The van der Waals surface area contributed by atoms with Crippen LogP contribution in [0.5, 0.6) is 0 Å². The number of unbranched alkanes of at least 4 members (excludes halogenated alkanes) is 2. The number of fused-ring (bicyclic) bond motifs is 2. The predicted molar refractivity (Wildman–Crippen MR) is 142 cm³/mol. The minimum absolute atomic E-state index is 0.134. The van der Waals surface area contributed by atoms with Crippen molar-refractivity contribution < 1.29 is 9.59 Å². The molecule has 0 saturated heterocycles. The summed E-state index contributed by atoms with van der Waals surface area (Å²) >= 11 is 0. The number of carbonyl (C=O) groups is 2. The van der Waals surface area contributed by atoms with Gasteiger partial charge in [0.1, 0.15) is 0 Å². The highest BCUT2D eigenvalue weighted by atomic mass is 16.2. The number of hydrogen-bond donors (Lipinski definition) is 2. The maximum absolute atomic E-state index is 12.0. The molecule has 6 nitrogen and oxygen atoms in total. The van der Waals surface area contributed by atoms with E-state index in [1.165, 1.54) is 0 Å². The van der Waals surface area contributed by atoms with Gasteiger partial charge in [-0.2, -0.15) is 10.2 Å². The second-order valence-electron chi connectivity index (χ2n) is 8.28. The van der Waals surface area contributed by atoms with Gasteiger partial charge in [0.2, 0.25) is 11.8 Å². The monoisotopic (exact) mass is 464 g/mol. The molecule has 35 heavy (non-hydrogen) atoms. The molecule has 2 amide bonds. The van der Waals surface area contributed by atoms with E-state index < -0.39 is 0 Å². The van der Waals surface area contributed by atoms with Crippen molar-refractivity contribution in [1.82, 2.24) is 10.9 Å². The van der Waals surface area contributed by atoms with Crippen LogP contribution in [0.4, 0.5) is 0 Å². The predicted octanol–water partition coefficient (Wildman–Crippen LogP) is 5.54. The van der Waals surface area contributed by atoms with Crippen molar-refractivity contribution >= 4 is 45.8 Å². The van der Waals surface area contributed by atoms with E-state index in [4.69, 9.17) is 0 Å². The van der Waals surface area contributed by atoms with Gasteiger partial charge in [-0.3, -0.25) is 9.59 Å². The number of hydrogen-bond acceptors (Lipinski definition) is 4. The van der Waals surface area contributed by atoms with Crippen LogP contribution in [0.25, 0.3) is 21.5 Å². The molecule has 0 heterocycles. The molecule has 0 unspecified atom stereocenters. The summed E-state index contributed by atoms with van der Waals surface area (Å²) in [6, 6.07) is 28.1. The Bertz CT molecular complexity index is 1260. The molecule has 2 N–H and O–H groups in total. The molecular weight excluding hydrogens is 436 g/mol. The molecule has 0 aliphatic rings. The summed E-state index contributed by atoms with van der Waals surface area (Å²) in [6.45, 7) is 0.